The molecule has 0 unspecified atom stereocenters. The standard InChI is InChI=1S/C10H15BrN2O2.Na/c1-4-7(5-2)13-9(14)8(11)6(3)12-10(13)15;/h7H,4-5H2,1-3H3,(H,12,15);. The number of H-pyrrole nitrogens is 1. The van der Waals surface area contributed by atoms with Gasteiger partial charge in [0.2, 0.25) is 0 Å². The fourth-order valence-electron chi connectivity index (χ4n) is 1.62. The normalized spacial score (nSPS) is 10.3. The summed E-state index contributed by atoms with van der Waals surface area (Å²) in [5, 5.41) is 0. The van der Waals surface area contributed by atoms with E-state index in [4.69, 9.17) is 0 Å². The van der Waals surface area contributed by atoms with Crippen molar-refractivity contribution in [2.45, 2.75) is 39.7 Å². The SMILES string of the molecule is CCC(CC)n1c(=O)[nH]c(C)c(Br)c1=O.[Na]. The van der Waals surface area contributed by atoms with Gasteiger partial charge in [-0.05, 0) is 35.7 Å². The van der Waals surface area contributed by atoms with Gasteiger partial charge in [-0.2, -0.15) is 0 Å². The van der Waals surface area contributed by atoms with E-state index in [0.717, 1.165) is 12.8 Å². The van der Waals surface area contributed by atoms with E-state index < -0.39 is 0 Å². The van der Waals surface area contributed by atoms with Crippen LogP contribution in [0.4, 0.5) is 0 Å². The van der Waals surface area contributed by atoms with Crippen molar-refractivity contribution in [3.63, 3.8) is 0 Å². The fraction of sp³-hybridized carbons (Fsp3) is 0.600. The molecule has 0 fully saturated rings. The predicted octanol–water partition coefficient (Wildman–Crippen LogP) is 1.59. The Kier molecular flexibility index (Phi) is 6.86. The quantitative estimate of drug-likeness (QED) is 0.862. The first-order chi connectivity index (χ1) is 7.02. The first-order valence-corrected chi connectivity index (χ1v) is 5.83. The van der Waals surface area contributed by atoms with Gasteiger partial charge in [-0.1, -0.05) is 13.8 Å². The van der Waals surface area contributed by atoms with Crippen LogP contribution in [0.1, 0.15) is 38.4 Å². The summed E-state index contributed by atoms with van der Waals surface area (Å²) >= 11 is 3.19. The van der Waals surface area contributed by atoms with Crippen molar-refractivity contribution >= 4 is 45.5 Å². The maximum Gasteiger partial charge on any atom is 0.328 e. The van der Waals surface area contributed by atoms with Crippen molar-refractivity contribution in [1.29, 1.82) is 0 Å². The summed E-state index contributed by atoms with van der Waals surface area (Å²) in [6.45, 7) is 5.63. The van der Waals surface area contributed by atoms with Gasteiger partial charge in [0, 0.05) is 41.3 Å². The summed E-state index contributed by atoms with van der Waals surface area (Å²) < 4.78 is 1.73. The zero-order chi connectivity index (χ0) is 11.6. The first-order valence-electron chi connectivity index (χ1n) is 5.03. The van der Waals surface area contributed by atoms with Crippen molar-refractivity contribution in [2.75, 3.05) is 0 Å². The summed E-state index contributed by atoms with van der Waals surface area (Å²) in [6, 6.07) is -0.0295. The molecule has 1 N–H and O–H groups in total. The van der Waals surface area contributed by atoms with Gasteiger partial charge < -0.3 is 4.98 Å². The van der Waals surface area contributed by atoms with Crippen LogP contribution in [0.25, 0.3) is 0 Å². The van der Waals surface area contributed by atoms with Gasteiger partial charge in [-0.15, -0.1) is 0 Å². The molecule has 1 heterocycles. The van der Waals surface area contributed by atoms with E-state index >= 15 is 0 Å². The van der Waals surface area contributed by atoms with Gasteiger partial charge in [-0.25, -0.2) is 4.79 Å². The number of halogens is 1. The van der Waals surface area contributed by atoms with Gasteiger partial charge in [0.25, 0.3) is 5.56 Å². The van der Waals surface area contributed by atoms with Crippen LogP contribution in [0.3, 0.4) is 0 Å². The van der Waals surface area contributed by atoms with Gasteiger partial charge in [-0.3, -0.25) is 9.36 Å². The molecule has 0 aliphatic rings. The third-order valence-corrected chi connectivity index (χ3v) is 3.49. The molecule has 0 amide bonds. The van der Waals surface area contributed by atoms with Crippen LogP contribution >= 0.6 is 15.9 Å². The molecule has 0 saturated heterocycles. The average molecular weight is 298 g/mol. The molecule has 0 aliphatic heterocycles. The molecule has 0 aliphatic carbocycles. The van der Waals surface area contributed by atoms with Crippen LogP contribution in [-0.4, -0.2) is 39.1 Å². The molecule has 1 aromatic heterocycles. The van der Waals surface area contributed by atoms with E-state index in [0.29, 0.717) is 10.2 Å². The number of hydrogen-bond donors (Lipinski definition) is 1. The Morgan fingerprint density at radius 3 is 2.25 bits per heavy atom. The summed E-state index contributed by atoms with van der Waals surface area (Å²) in [5.41, 5.74) is 0.00607. The molecule has 0 spiro atoms. The van der Waals surface area contributed by atoms with Crippen molar-refractivity contribution < 1.29 is 0 Å². The molecule has 0 atom stereocenters. The van der Waals surface area contributed by atoms with E-state index in [1.807, 2.05) is 13.8 Å². The Bertz CT molecular complexity index is 463. The Morgan fingerprint density at radius 1 is 1.31 bits per heavy atom. The minimum Gasteiger partial charge on any atom is -0.310 e. The fourth-order valence-corrected chi connectivity index (χ4v) is 1.91. The zero-order valence-corrected chi connectivity index (χ0v) is 13.7. The molecule has 1 radical (unpaired) electrons. The van der Waals surface area contributed by atoms with E-state index in [-0.39, 0.29) is 46.8 Å². The third kappa shape index (κ3) is 3.09. The van der Waals surface area contributed by atoms with Crippen molar-refractivity contribution in [2.24, 2.45) is 0 Å². The summed E-state index contributed by atoms with van der Waals surface area (Å²) in [5.74, 6) is 0. The minimum absolute atomic E-state index is 0. The molecular formula is C10H15BrN2NaO2. The van der Waals surface area contributed by atoms with Crippen LogP contribution in [0.5, 0.6) is 0 Å². The van der Waals surface area contributed by atoms with Gasteiger partial charge in [0.05, 0.1) is 0 Å². The molecule has 1 aromatic rings. The number of nitrogens with zero attached hydrogens (tertiary/aromatic N) is 1. The van der Waals surface area contributed by atoms with Crippen LogP contribution in [0, 0.1) is 6.92 Å². The molecule has 0 saturated carbocycles. The predicted molar refractivity (Wildman–Crippen MR) is 69.1 cm³/mol. The van der Waals surface area contributed by atoms with Gasteiger partial charge in [0.15, 0.2) is 0 Å². The van der Waals surface area contributed by atoms with Gasteiger partial charge in [0.1, 0.15) is 4.47 Å². The number of rotatable bonds is 3. The molecule has 85 valence electrons. The number of aromatic nitrogens is 2. The number of nitrogens with one attached hydrogen (secondary N) is 1. The maximum atomic E-state index is 11.9. The second kappa shape index (κ2) is 6.79. The zero-order valence-electron chi connectivity index (χ0n) is 10.1. The Balaban J connectivity index is 0.00000225. The van der Waals surface area contributed by atoms with Crippen LogP contribution in [-0.2, 0) is 0 Å². The largest absolute Gasteiger partial charge is 0.328 e. The maximum absolute atomic E-state index is 11.9. The van der Waals surface area contributed by atoms with E-state index in [9.17, 15) is 9.59 Å². The Morgan fingerprint density at radius 2 is 1.81 bits per heavy atom. The number of aryl methyl sites for hydroxylation is 1. The molecule has 16 heavy (non-hydrogen) atoms. The molecule has 0 aromatic carbocycles. The van der Waals surface area contributed by atoms with Crippen molar-refractivity contribution in [1.82, 2.24) is 9.55 Å². The minimum atomic E-state index is -0.325. The second-order valence-corrected chi connectivity index (χ2v) is 4.31. The average Bonchev–Trinajstić information content (AvgIpc) is 2.21. The summed E-state index contributed by atoms with van der Waals surface area (Å²) in [7, 11) is 0. The third-order valence-electron chi connectivity index (χ3n) is 2.56. The molecule has 4 nitrogen and oxygen atoms in total. The van der Waals surface area contributed by atoms with Crippen LogP contribution < -0.4 is 11.2 Å². The smallest absolute Gasteiger partial charge is 0.310 e. The van der Waals surface area contributed by atoms with Gasteiger partial charge >= 0.3 is 5.69 Å². The Hall–Kier alpha value is 0.160. The first kappa shape index (κ1) is 16.2. The van der Waals surface area contributed by atoms with E-state index in [2.05, 4.69) is 20.9 Å². The molecule has 0 bridgehead atoms. The van der Waals surface area contributed by atoms with Crippen molar-refractivity contribution in [3.05, 3.63) is 31.0 Å². The Labute approximate surface area is 125 Å². The molecule has 6 heteroatoms. The molecular weight excluding hydrogens is 283 g/mol. The molecule has 1 rings (SSSR count). The summed E-state index contributed by atoms with van der Waals surface area (Å²) in [6.07, 6.45) is 1.55. The van der Waals surface area contributed by atoms with Crippen molar-refractivity contribution in [3.8, 4) is 0 Å². The second-order valence-electron chi connectivity index (χ2n) is 3.51. The van der Waals surface area contributed by atoms with Crippen LogP contribution in [0.2, 0.25) is 0 Å². The summed E-state index contributed by atoms with van der Waals surface area (Å²) in [4.78, 5) is 26.2. The monoisotopic (exact) mass is 297 g/mol. The van der Waals surface area contributed by atoms with E-state index in [1.165, 1.54) is 4.57 Å². The van der Waals surface area contributed by atoms with E-state index in [1.54, 1.807) is 6.92 Å². The van der Waals surface area contributed by atoms with Crippen LogP contribution in [0.15, 0.2) is 14.1 Å². The number of hydrogen-bond acceptors (Lipinski definition) is 2. The number of aromatic amines is 1. The topological polar surface area (TPSA) is 54.9 Å².